The summed E-state index contributed by atoms with van der Waals surface area (Å²) in [5.41, 5.74) is 2.28. The molecule has 3 heteroatoms. The largest absolute Gasteiger partial charge is 0.497 e. The number of methoxy groups -OCH3 is 1. The molecule has 0 amide bonds. The first kappa shape index (κ1) is 10.5. The fourth-order valence-electron chi connectivity index (χ4n) is 1.21. The highest BCUT2D eigenvalue weighted by Gasteiger charge is 2.04. The maximum Gasteiger partial charge on any atom is 0.120 e. The summed E-state index contributed by atoms with van der Waals surface area (Å²) in [4.78, 5) is 0. The molecule has 0 saturated carbocycles. The number of aliphatic hydroxyl groups is 1. The average Bonchev–Trinajstić information content (AvgIpc) is 2.13. The quantitative estimate of drug-likeness (QED) is 0.885. The van der Waals surface area contributed by atoms with Crippen LogP contribution in [0.1, 0.15) is 11.1 Å². The minimum absolute atomic E-state index is 0.167. The van der Waals surface area contributed by atoms with Gasteiger partial charge >= 0.3 is 0 Å². The van der Waals surface area contributed by atoms with Gasteiger partial charge in [-0.2, -0.15) is 0 Å². The molecule has 0 saturated heterocycles. The molecule has 0 radical (unpaired) electrons. The van der Waals surface area contributed by atoms with Crippen molar-refractivity contribution in [3.05, 3.63) is 27.7 Å². The predicted octanol–water partition coefficient (Wildman–Crippen LogP) is 2.30. The minimum atomic E-state index is 0.167. The molecule has 2 nitrogen and oxygen atoms in total. The van der Waals surface area contributed by atoms with Gasteiger partial charge < -0.3 is 9.84 Å². The fraction of sp³-hybridized carbons (Fsp3) is 0.400. The number of ether oxygens (including phenoxy) is 1. The van der Waals surface area contributed by atoms with E-state index in [9.17, 15) is 0 Å². The second-order valence-electron chi connectivity index (χ2n) is 2.87. The van der Waals surface area contributed by atoms with Crippen molar-refractivity contribution < 1.29 is 9.84 Å². The number of aliphatic hydroxyl groups excluding tert-OH is 1. The molecule has 0 aliphatic rings. The van der Waals surface area contributed by atoms with E-state index in [4.69, 9.17) is 9.84 Å². The van der Waals surface area contributed by atoms with Crippen molar-refractivity contribution in [2.75, 3.05) is 13.7 Å². The van der Waals surface area contributed by atoms with E-state index in [1.54, 1.807) is 7.11 Å². The Labute approximate surface area is 86.7 Å². The fourth-order valence-corrected chi connectivity index (χ4v) is 1.69. The summed E-state index contributed by atoms with van der Waals surface area (Å²) in [5, 5.41) is 8.84. The molecule has 1 N–H and O–H groups in total. The van der Waals surface area contributed by atoms with Crippen LogP contribution in [0.4, 0.5) is 0 Å². The van der Waals surface area contributed by atoms with Crippen LogP contribution in [-0.4, -0.2) is 18.8 Å². The van der Waals surface area contributed by atoms with Crippen LogP contribution in [0.25, 0.3) is 0 Å². The lowest BCUT2D eigenvalue weighted by atomic mass is 10.1. The van der Waals surface area contributed by atoms with E-state index in [1.165, 1.54) is 0 Å². The lowest BCUT2D eigenvalue weighted by molar-refractivity contribution is 0.299. The molecule has 0 aliphatic heterocycles. The summed E-state index contributed by atoms with van der Waals surface area (Å²) in [7, 11) is 1.64. The normalized spacial score (nSPS) is 10.2. The Morgan fingerprint density at radius 3 is 2.69 bits per heavy atom. The Bertz CT molecular complexity index is 297. The maximum atomic E-state index is 8.84. The van der Waals surface area contributed by atoms with Crippen molar-refractivity contribution in [3.8, 4) is 5.75 Å². The Kier molecular flexibility index (Phi) is 3.75. The van der Waals surface area contributed by atoms with E-state index in [2.05, 4.69) is 15.9 Å². The standard InChI is InChI=1S/C10H13BrO2/c1-7-8(3-4-12)5-9(13-2)6-10(7)11/h5-6,12H,3-4H2,1-2H3. The lowest BCUT2D eigenvalue weighted by Crippen LogP contribution is -1.96. The van der Waals surface area contributed by atoms with Gasteiger partial charge in [-0.15, -0.1) is 0 Å². The highest BCUT2D eigenvalue weighted by Crippen LogP contribution is 2.26. The lowest BCUT2D eigenvalue weighted by Gasteiger charge is -2.09. The number of hydrogen-bond acceptors (Lipinski definition) is 2. The highest BCUT2D eigenvalue weighted by molar-refractivity contribution is 9.10. The molecule has 1 aromatic carbocycles. The zero-order valence-corrected chi connectivity index (χ0v) is 9.39. The summed E-state index contributed by atoms with van der Waals surface area (Å²) >= 11 is 3.45. The molecule has 0 fully saturated rings. The summed E-state index contributed by atoms with van der Waals surface area (Å²) in [6.45, 7) is 2.19. The van der Waals surface area contributed by atoms with E-state index < -0.39 is 0 Å². The number of benzene rings is 1. The molecule has 1 aromatic rings. The first-order valence-electron chi connectivity index (χ1n) is 4.13. The molecule has 0 aliphatic carbocycles. The Balaban J connectivity index is 3.09. The first-order chi connectivity index (χ1) is 6.19. The van der Waals surface area contributed by atoms with Crippen molar-refractivity contribution in [3.63, 3.8) is 0 Å². The summed E-state index contributed by atoms with van der Waals surface area (Å²) in [5.74, 6) is 0.820. The summed E-state index contributed by atoms with van der Waals surface area (Å²) in [6.07, 6.45) is 0.668. The van der Waals surface area contributed by atoms with Crippen LogP contribution in [0.3, 0.4) is 0 Å². The van der Waals surface area contributed by atoms with E-state index in [0.29, 0.717) is 6.42 Å². The van der Waals surface area contributed by atoms with Crippen LogP contribution in [0, 0.1) is 6.92 Å². The topological polar surface area (TPSA) is 29.5 Å². The van der Waals surface area contributed by atoms with Gasteiger partial charge in [-0.1, -0.05) is 15.9 Å². The van der Waals surface area contributed by atoms with Crippen molar-refractivity contribution in [1.29, 1.82) is 0 Å². The smallest absolute Gasteiger partial charge is 0.120 e. The van der Waals surface area contributed by atoms with Crippen molar-refractivity contribution in [1.82, 2.24) is 0 Å². The van der Waals surface area contributed by atoms with Crippen LogP contribution < -0.4 is 4.74 Å². The van der Waals surface area contributed by atoms with Crippen molar-refractivity contribution >= 4 is 15.9 Å². The Hall–Kier alpha value is -0.540. The van der Waals surface area contributed by atoms with Gasteiger partial charge in [0.25, 0.3) is 0 Å². The summed E-state index contributed by atoms with van der Waals surface area (Å²) in [6, 6.07) is 3.88. The molecule has 0 spiro atoms. The molecule has 13 heavy (non-hydrogen) atoms. The monoisotopic (exact) mass is 244 g/mol. The third kappa shape index (κ3) is 2.45. The third-order valence-corrected chi connectivity index (χ3v) is 2.87. The molecule has 0 unspecified atom stereocenters. The predicted molar refractivity (Wildman–Crippen MR) is 56.2 cm³/mol. The van der Waals surface area contributed by atoms with Gasteiger partial charge in [0.15, 0.2) is 0 Å². The number of halogens is 1. The van der Waals surface area contributed by atoms with Gasteiger partial charge in [0.05, 0.1) is 7.11 Å². The molecular formula is C10H13BrO2. The van der Waals surface area contributed by atoms with E-state index in [1.807, 2.05) is 19.1 Å². The van der Waals surface area contributed by atoms with Gasteiger partial charge in [-0.3, -0.25) is 0 Å². The Morgan fingerprint density at radius 2 is 2.15 bits per heavy atom. The molecule has 0 atom stereocenters. The average molecular weight is 245 g/mol. The Morgan fingerprint density at radius 1 is 1.46 bits per heavy atom. The van der Waals surface area contributed by atoms with Gasteiger partial charge in [0.1, 0.15) is 5.75 Å². The summed E-state index contributed by atoms with van der Waals surface area (Å²) < 4.78 is 6.15. The van der Waals surface area contributed by atoms with Gasteiger partial charge in [-0.25, -0.2) is 0 Å². The minimum Gasteiger partial charge on any atom is -0.497 e. The van der Waals surface area contributed by atoms with Crippen LogP contribution in [0.15, 0.2) is 16.6 Å². The van der Waals surface area contributed by atoms with Crippen LogP contribution in [0.5, 0.6) is 5.75 Å². The maximum absolute atomic E-state index is 8.84. The number of hydrogen-bond donors (Lipinski definition) is 1. The number of rotatable bonds is 3. The molecule has 1 rings (SSSR count). The molecule has 0 aromatic heterocycles. The second kappa shape index (κ2) is 4.63. The SMILES string of the molecule is COc1cc(Br)c(C)c(CCO)c1. The van der Waals surface area contributed by atoms with Gasteiger partial charge in [0, 0.05) is 11.1 Å². The molecule has 0 heterocycles. The second-order valence-corrected chi connectivity index (χ2v) is 3.72. The first-order valence-corrected chi connectivity index (χ1v) is 4.92. The van der Waals surface area contributed by atoms with Crippen LogP contribution in [0.2, 0.25) is 0 Å². The highest BCUT2D eigenvalue weighted by atomic mass is 79.9. The van der Waals surface area contributed by atoms with Crippen molar-refractivity contribution in [2.45, 2.75) is 13.3 Å². The van der Waals surface area contributed by atoms with Gasteiger partial charge in [-0.05, 0) is 36.6 Å². The van der Waals surface area contributed by atoms with Crippen molar-refractivity contribution in [2.24, 2.45) is 0 Å². The zero-order chi connectivity index (χ0) is 9.84. The van der Waals surface area contributed by atoms with Crippen LogP contribution >= 0.6 is 15.9 Å². The zero-order valence-electron chi connectivity index (χ0n) is 7.80. The molecular weight excluding hydrogens is 232 g/mol. The van der Waals surface area contributed by atoms with E-state index in [0.717, 1.165) is 21.3 Å². The van der Waals surface area contributed by atoms with Crippen LogP contribution in [-0.2, 0) is 6.42 Å². The van der Waals surface area contributed by atoms with Gasteiger partial charge in [0.2, 0.25) is 0 Å². The van der Waals surface area contributed by atoms with E-state index >= 15 is 0 Å². The third-order valence-electron chi connectivity index (χ3n) is 2.04. The molecule has 72 valence electrons. The molecule has 0 bridgehead atoms. The van der Waals surface area contributed by atoms with E-state index in [-0.39, 0.29) is 6.61 Å².